The SMILES string of the molecule is CC1=CCC(C)(C)c2cc3c(cc21)-c1cc2c(cc1[CH]3[Zr+2]([C]1=CC(C(C)(C)C)=CC1)=[C](c1ccc(C(C)(C)C)cc1)c1ccc(C(C)(C)C)cc1)C(C)(C)CC=C2C.[Cl-].[Cl-]. The first-order valence-corrected chi connectivity index (χ1v) is 25.9. The van der Waals surface area contributed by atoms with Gasteiger partial charge in [0.25, 0.3) is 0 Å². The van der Waals surface area contributed by atoms with E-state index in [2.05, 4.69) is 201 Å². The fraction of sp³-hybridized carbons (Fsp3) is 0.421. The molecule has 4 aliphatic carbocycles. The number of hydrogen-bond donors (Lipinski definition) is 0. The second kappa shape index (κ2) is 16.1. The fourth-order valence-corrected chi connectivity index (χ4v) is 19.2. The maximum Gasteiger partial charge on any atom is -1.00 e. The Morgan fingerprint density at radius 1 is 0.533 bits per heavy atom. The van der Waals surface area contributed by atoms with Crippen LogP contribution in [0.15, 0.2) is 106 Å². The van der Waals surface area contributed by atoms with Crippen molar-refractivity contribution in [1.29, 1.82) is 0 Å². The Morgan fingerprint density at radius 3 is 1.28 bits per heavy atom. The molecule has 60 heavy (non-hydrogen) atoms. The second-order valence-electron chi connectivity index (χ2n) is 22.6. The van der Waals surface area contributed by atoms with Crippen LogP contribution in [0, 0.1) is 5.41 Å². The van der Waals surface area contributed by atoms with Gasteiger partial charge in [-0.3, -0.25) is 0 Å². The third-order valence-corrected chi connectivity index (χ3v) is 22.4. The van der Waals surface area contributed by atoms with Gasteiger partial charge < -0.3 is 24.8 Å². The average molecular weight is 915 g/mol. The topological polar surface area (TPSA) is 0 Å². The molecule has 0 aromatic heterocycles. The monoisotopic (exact) mass is 912 g/mol. The summed E-state index contributed by atoms with van der Waals surface area (Å²) in [6.45, 7) is 35.8. The average Bonchev–Trinajstić information content (AvgIpc) is 3.76. The molecule has 0 N–H and O–H groups in total. The van der Waals surface area contributed by atoms with Crippen molar-refractivity contribution in [3.05, 3.63) is 162 Å². The second-order valence-corrected chi connectivity index (χ2v) is 28.8. The van der Waals surface area contributed by atoms with Crippen molar-refractivity contribution in [2.24, 2.45) is 5.41 Å². The summed E-state index contributed by atoms with van der Waals surface area (Å²) >= 11 is -3.03. The Morgan fingerprint density at radius 2 is 0.933 bits per heavy atom. The molecule has 314 valence electrons. The predicted molar refractivity (Wildman–Crippen MR) is 250 cm³/mol. The fourth-order valence-electron chi connectivity index (χ4n) is 10.2. The van der Waals surface area contributed by atoms with E-state index >= 15 is 0 Å². The van der Waals surface area contributed by atoms with Crippen LogP contribution in [0.5, 0.6) is 0 Å². The molecule has 0 saturated heterocycles. The van der Waals surface area contributed by atoms with Crippen molar-refractivity contribution in [3.8, 4) is 11.1 Å². The largest absolute Gasteiger partial charge is 1.00 e. The summed E-state index contributed by atoms with van der Waals surface area (Å²) in [5.41, 5.74) is 22.6. The molecule has 0 amide bonds. The smallest absolute Gasteiger partial charge is 1.00 e. The van der Waals surface area contributed by atoms with Crippen molar-refractivity contribution in [1.82, 2.24) is 0 Å². The Balaban J connectivity index is 0.00000302. The molecule has 3 heteroatoms. The van der Waals surface area contributed by atoms with Gasteiger partial charge in [0.1, 0.15) is 0 Å². The van der Waals surface area contributed by atoms with Crippen LogP contribution in [-0.4, -0.2) is 3.21 Å². The first kappa shape index (κ1) is 46.7. The van der Waals surface area contributed by atoms with E-state index in [9.17, 15) is 0 Å². The minimum Gasteiger partial charge on any atom is -1.00 e. The third kappa shape index (κ3) is 8.24. The number of fused-ring (bicyclic) bond motifs is 5. The van der Waals surface area contributed by atoms with Crippen LogP contribution in [0.2, 0.25) is 0 Å². The van der Waals surface area contributed by atoms with E-state index in [1.54, 1.807) is 17.6 Å². The molecule has 0 bridgehead atoms. The molecule has 0 aliphatic heterocycles. The van der Waals surface area contributed by atoms with E-state index in [1.807, 2.05) is 0 Å². The van der Waals surface area contributed by atoms with Crippen molar-refractivity contribution < 1.29 is 46.1 Å². The van der Waals surface area contributed by atoms with Gasteiger partial charge in [-0.15, -0.1) is 0 Å². The molecule has 0 spiro atoms. The molecule has 0 saturated carbocycles. The van der Waals surface area contributed by atoms with E-state index in [1.165, 1.54) is 72.4 Å². The van der Waals surface area contributed by atoms with E-state index < -0.39 is 21.3 Å². The molecule has 0 fully saturated rings. The Kier molecular flexibility index (Phi) is 12.5. The van der Waals surface area contributed by atoms with Crippen LogP contribution < -0.4 is 24.8 Å². The zero-order valence-corrected chi connectivity index (χ0v) is 43.2. The van der Waals surface area contributed by atoms with Crippen LogP contribution in [0.25, 0.3) is 22.3 Å². The van der Waals surface area contributed by atoms with Gasteiger partial charge in [-0.1, -0.05) is 0 Å². The molecule has 0 atom stereocenters. The zero-order chi connectivity index (χ0) is 41.9. The van der Waals surface area contributed by atoms with Crippen LogP contribution in [0.3, 0.4) is 0 Å². The summed E-state index contributed by atoms with van der Waals surface area (Å²) in [5.74, 6) is 0. The van der Waals surface area contributed by atoms with Gasteiger partial charge in [-0.05, 0) is 0 Å². The first-order chi connectivity index (χ1) is 27.0. The molecule has 0 heterocycles. The van der Waals surface area contributed by atoms with Gasteiger partial charge in [0.2, 0.25) is 0 Å². The molecule has 4 aromatic carbocycles. The van der Waals surface area contributed by atoms with Gasteiger partial charge in [-0.2, -0.15) is 0 Å². The Bertz CT molecular complexity index is 2360. The molecule has 4 aliphatic rings. The minimum absolute atomic E-state index is 0. The normalized spacial score (nSPS) is 17.6. The summed E-state index contributed by atoms with van der Waals surface area (Å²) in [6.07, 6.45) is 13.5. The number of rotatable bonds is 4. The summed E-state index contributed by atoms with van der Waals surface area (Å²) in [4.78, 5) is 0. The maximum absolute atomic E-state index is 3.03. The van der Waals surface area contributed by atoms with Gasteiger partial charge in [0, 0.05) is 0 Å². The first-order valence-electron chi connectivity index (χ1n) is 22.0. The third-order valence-electron chi connectivity index (χ3n) is 14.2. The van der Waals surface area contributed by atoms with Gasteiger partial charge in [0.15, 0.2) is 0 Å². The number of allylic oxidation sites excluding steroid dienone is 8. The Hall–Kier alpha value is -2.83. The van der Waals surface area contributed by atoms with E-state index in [0.717, 1.165) is 19.3 Å². The maximum atomic E-state index is 2.73. The van der Waals surface area contributed by atoms with Crippen molar-refractivity contribution in [2.75, 3.05) is 0 Å². The van der Waals surface area contributed by atoms with Crippen LogP contribution in [0.4, 0.5) is 0 Å². The molecular formula is C57H68Cl2Zr. The minimum atomic E-state index is -3.03. The standard InChI is InChI=1S/C27H29.C21H26.C9H13.2ClH.Zr/c1-16-7-9-26(3,4)24-12-18-11-19-13-25-21(17(2)8-10-27(25,5)6)15-23(19)22(18)14-20(16)24;1-20(2,3)18-11-7-16(8-12-18)15-17-9-13-19(14-10-17)21(4,5)6;1-9(2,3)8-6-4-5-7-8;;;/h7-8,11-15H,9-10H2,1-6H3;7-14H,1-6H3;6-7H,4H2,1-3H3;2*1H;/q;;;;;+2/p-2. The number of benzene rings is 4. The van der Waals surface area contributed by atoms with E-state index in [0.29, 0.717) is 3.63 Å². The number of hydrogen-bond acceptors (Lipinski definition) is 0. The van der Waals surface area contributed by atoms with Gasteiger partial charge in [-0.25, -0.2) is 0 Å². The molecule has 0 radical (unpaired) electrons. The van der Waals surface area contributed by atoms with Crippen LogP contribution in [0.1, 0.15) is 182 Å². The van der Waals surface area contributed by atoms with E-state index in [-0.39, 0.29) is 51.9 Å². The molecule has 0 unspecified atom stereocenters. The summed E-state index contributed by atoms with van der Waals surface area (Å²) in [5, 5.41) is 0. The van der Waals surface area contributed by atoms with E-state index in [4.69, 9.17) is 0 Å². The van der Waals surface area contributed by atoms with Crippen molar-refractivity contribution in [2.45, 2.75) is 148 Å². The molecular weight excluding hydrogens is 847 g/mol. The van der Waals surface area contributed by atoms with Crippen molar-refractivity contribution in [3.63, 3.8) is 0 Å². The Labute approximate surface area is 384 Å². The zero-order valence-electron chi connectivity index (χ0n) is 39.2. The van der Waals surface area contributed by atoms with Gasteiger partial charge >= 0.3 is 362 Å². The summed E-state index contributed by atoms with van der Waals surface area (Å²) in [7, 11) is 0. The quantitative estimate of drug-likeness (QED) is 0.192. The molecule has 4 aromatic rings. The molecule has 0 nitrogen and oxygen atoms in total. The molecule has 8 rings (SSSR count). The van der Waals surface area contributed by atoms with Gasteiger partial charge in [0.05, 0.1) is 0 Å². The van der Waals surface area contributed by atoms with Crippen molar-refractivity contribution >= 4 is 14.4 Å². The van der Waals surface area contributed by atoms with Crippen LogP contribution in [-0.2, 0) is 42.9 Å². The summed E-state index contributed by atoms with van der Waals surface area (Å²) < 4.78 is 3.72. The number of halogens is 2. The van der Waals surface area contributed by atoms with Crippen LogP contribution >= 0.6 is 0 Å². The summed E-state index contributed by atoms with van der Waals surface area (Å²) in [6, 6.07) is 30.4. The predicted octanol–water partition coefficient (Wildman–Crippen LogP) is 9.68.